The van der Waals surface area contributed by atoms with E-state index in [-0.39, 0.29) is 5.78 Å². The van der Waals surface area contributed by atoms with Gasteiger partial charge in [0.15, 0.2) is 0 Å². The Labute approximate surface area is 242 Å². The number of pyridine rings is 3. The van der Waals surface area contributed by atoms with Crippen molar-refractivity contribution >= 4 is 27.5 Å². The van der Waals surface area contributed by atoms with Crippen molar-refractivity contribution in [1.82, 2.24) is 15.0 Å². The van der Waals surface area contributed by atoms with Gasteiger partial charge in [-0.15, -0.1) is 0 Å². The molecule has 9 rings (SSSR count). The molecule has 0 radical (unpaired) electrons. The first-order valence-corrected chi connectivity index (χ1v) is 14.2. The maximum absolute atomic E-state index is 13.4. The van der Waals surface area contributed by atoms with Gasteiger partial charge in [-0.3, -0.25) is 14.8 Å². The topological polar surface area (TPSA) is 55.7 Å². The summed E-state index contributed by atoms with van der Waals surface area (Å²) in [5, 5.41) is 2.76. The minimum absolute atomic E-state index is 0.100. The van der Waals surface area contributed by atoms with Crippen LogP contribution in [0.5, 0.6) is 0 Å². The van der Waals surface area contributed by atoms with Gasteiger partial charge in [0.2, 0.25) is 5.78 Å². The first-order valence-electron chi connectivity index (χ1n) is 14.2. The molecule has 2 aliphatic rings. The van der Waals surface area contributed by atoms with Crippen molar-refractivity contribution in [2.75, 3.05) is 0 Å². The molecular formula is C38H23N3O. The van der Waals surface area contributed by atoms with Gasteiger partial charge in [0.05, 0.1) is 16.8 Å². The predicted octanol–water partition coefficient (Wildman–Crippen LogP) is 8.41. The zero-order chi connectivity index (χ0) is 27.8. The van der Waals surface area contributed by atoms with E-state index in [1.165, 1.54) is 27.8 Å². The minimum Gasteiger partial charge on any atom is -0.287 e. The summed E-state index contributed by atoms with van der Waals surface area (Å²) >= 11 is 0. The van der Waals surface area contributed by atoms with E-state index in [0.717, 1.165) is 44.9 Å². The van der Waals surface area contributed by atoms with E-state index in [4.69, 9.17) is 4.98 Å². The van der Waals surface area contributed by atoms with Crippen LogP contribution in [-0.2, 0) is 6.42 Å². The molecule has 0 spiro atoms. The van der Waals surface area contributed by atoms with Crippen molar-refractivity contribution < 1.29 is 4.79 Å². The van der Waals surface area contributed by atoms with E-state index in [9.17, 15) is 4.79 Å². The summed E-state index contributed by atoms with van der Waals surface area (Å²) in [4.78, 5) is 27.5. The number of hydrogen-bond donors (Lipinski definition) is 0. The van der Waals surface area contributed by atoms with Crippen LogP contribution in [0.2, 0.25) is 0 Å². The summed E-state index contributed by atoms with van der Waals surface area (Å²) < 4.78 is 0. The summed E-state index contributed by atoms with van der Waals surface area (Å²) in [6, 6.07) is 38.4. The fourth-order valence-electron chi connectivity index (χ4n) is 6.94. The number of aromatic nitrogens is 3. The van der Waals surface area contributed by atoms with Crippen molar-refractivity contribution in [2.24, 2.45) is 0 Å². The third-order valence-electron chi connectivity index (χ3n) is 8.87. The molecule has 0 N–H and O–H groups in total. The summed E-state index contributed by atoms with van der Waals surface area (Å²) in [5.41, 5.74) is 12.2. The largest absolute Gasteiger partial charge is 0.287 e. The minimum atomic E-state index is -0.100. The zero-order valence-corrected chi connectivity index (χ0v) is 22.6. The van der Waals surface area contributed by atoms with Gasteiger partial charge in [0.25, 0.3) is 0 Å². The van der Waals surface area contributed by atoms with Crippen LogP contribution in [0.4, 0.5) is 0 Å². The molecule has 0 fully saturated rings. The Kier molecular flexibility index (Phi) is 4.85. The van der Waals surface area contributed by atoms with Crippen LogP contribution in [0.25, 0.3) is 55.3 Å². The van der Waals surface area contributed by atoms with Crippen LogP contribution < -0.4 is 0 Å². The van der Waals surface area contributed by atoms with Crippen LogP contribution >= 0.6 is 0 Å². The third kappa shape index (κ3) is 3.29. The molecular weight excluding hydrogens is 514 g/mol. The normalized spacial score (nSPS) is 14.6. The smallest absolute Gasteiger partial charge is 0.214 e. The van der Waals surface area contributed by atoms with Gasteiger partial charge in [0.1, 0.15) is 11.4 Å². The Morgan fingerprint density at radius 3 is 2.26 bits per heavy atom. The van der Waals surface area contributed by atoms with E-state index in [1.807, 2.05) is 12.1 Å². The Bertz CT molecular complexity index is 2250. The highest BCUT2D eigenvalue weighted by molar-refractivity contribution is 6.27. The number of nitrogens with zero attached hydrogens (tertiary/aromatic N) is 3. The van der Waals surface area contributed by atoms with E-state index < -0.39 is 0 Å². The highest BCUT2D eigenvalue weighted by atomic mass is 16.1. The van der Waals surface area contributed by atoms with Crippen molar-refractivity contribution in [2.45, 2.75) is 12.3 Å². The van der Waals surface area contributed by atoms with Gasteiger partial charge in [-0.2, -0.15) is 0 Å². The highest BCUT2D eigenvalue weighted by Gasteiger charge is 2.30. The average molecular weight is 538 g/mol. The second-order valence-electron chi connectivity index (χ2n) is 11.1. The van der Waals surface area contributed by atoms with Crippen molar-refractivity contribution in [3.8, 4) is 33.6 Å². The van der Waals surface area contributed by atoms with Gasteiger partial charge >= 0.3 is 0 Å². The summed E-state index contributed by atoms with van der Waals surface area (Å²) in [7, 11) is 0. The van der Waals surface area contributed by atoms with E-state index in [2.05, 4.69) is 94.9 Å². The Morgan fingerprint density at radius 1 is 0.571 bits per heavy atom. The Balaban J connectivity index is 1.20. The maximum atomic E-state index is 13.4. The van der Waals surface area contributed by atoms with Crippen LogP contribution in [0, 0.1) is 0 Å². The molecule has 0 aliphatic heterocycles. The number of ketones is 1. The molecule has 7 aromatic rings. The predicted molar refractivity (Wildman–Crippen MR) is 167 cm³/mol. The molecule has 3 aromatic heterocycles. The molecule has 0 saturated carbocycles. The number of carbonyl (C=O) groups is 1. The lowest BCUT2D eigenvalue weighted by atomic mass is 9.89. The second kappa shape index (κ2) is 8.76. The first-order chi connectivity index (χ1) is 20.7. The molecule has 0 saturated heterocycles. The van der Waals surface area contributed by atoms with Crippen molar-refractivity contribution in [1.29, 1.82) is 0 Å². The van der Waals surface area contributed by atoms with Crippen molar-refractivity contribution in [3.05, 3.63) is 150 Å². The summed E-state index contributed by atoms with van der Waals surface area (Å²) in [5.74, 6) is 0.234. The molecule has 196 valence electrons. The maximum Gasteiger partial charge on any atom is 0.214 e. The molecule has 1 atom stereocenters. The highest BCUT2D eigenvalue weighted by Crippen LogP contribution is 2.48. The molecule has 4 heteroatoms. The van der Waals surface area contributed by atoms with Crippen LogP contribution in [0.3, 0.4) is 0 Å². The zero-order valence-electron chi connectivity index (χ0n) is 22.6. The molecule has 4 aromatic carbocycles. The van der Waals surface area contributed by atoms with Crippen molar-refractivity contribution in [3.63, 3.8) is 0 Å². The van der Waals surface area contributed by atoms with Gasteiger partial charge in [-0.05, 0) is 87.1 Å². The first kappa shape index (κ1) is 23.2. The molecule has 2 aliphatic carbocycles. The lowest BCUT2D eigenvalue weighted by molar-refractivity contribution is 0.103. The van der Waals surface area contributed by atoms with Gasteiger partial charge in [0, 0.05) is 29.1 Å². The average Bonchev–Trinajstić information content (AvgIpc) is 3.36. The van der Waals surface area contributed by atoms with E-state index in [1.54, 1.807) is 24.5 Å². The van der Waals surface area contributed by atoms with Gasteiger partial charge < -0.3 is 0 Å². The number of rotatable bonds is 3. The van der Waals surface area contributed by atoms with Crippen LogP contribution in [0.15, 0.2) is 122 Å². The lowest BCUT2D eigenvalue weighted by Gasteiger charge is -2.18. The number of hydrogen-bond acceptors (Lipinski definition) is 4. The quantitative estimate of drug-likeness (QED) is 0.212. The molecule has 1 unspecified atom stereocenters. The van der Waals surface area contributed by atoms with Gasteiger partial charge in [-0.25, -0.2) is 4.98 Å². The summed E-state index contributed by atoms with van der Waals surface area (Å²) in [6.45, 7) is 0. The molecule has 42 heavy (non-hydrogen) atoms. The molecule has 3 heterocycles. The number of benzene rings is 4. The molecule has 0 bridgehead atoms. The Hall–Kier alpha value is -5.48. The number of carbonyl (C=O) groups excluding carboxylic acids is 1. The molecule has 0 amide bonds. The summed E-state index contributed by atoms with van der Waals surface area (Å²) in [6.07, 6.45) is 4.49. The van der Waals surface area contributed by atoms with Crippen LogP contribution in [-0.4, -0.2) is 20.7 Å². The van der Waals surface area contributed by atoms with E-state index >= 15 is 0 Å². The fourth-order valence-corrected chi connectivity index (χ4v) is 6.94. The molecule has 4 nitrogen and oxygen atoms in total. The standard InChI is InChI=1S/C38H23N3O/c42-38-29-11-6-17-39-35(29)36-34-28(16-18-40-36)32-21-24(13-15-33(32)41-37(34)38)23-12-14-27-30(19-22-7-2-1-3-8-22)25-9-4-5-10-26(25)31(27)20-23/h1-18,20-21,30H,19H2. The van der Waals surface area contributed by atoms with Crippen LogP contribution in [0.1, 0.15) is 38.7 Å². The number of fused-ring (bicyclic) bond motifs is 7. The lowest BCUT2D eigenvalue weighted by Crippen LogP contribution is -2.14. The Morgan fingerprint density at radius 2 is 1.33 bits per heavy atom. The second-order valence-corrected chi connectivity index (χ2v) is 11.1. The van der Waals surface area contributed by atoms with E-state index in [0.29, 0.717) is 22.9 Å². The third-order valence-corrected chi connectivity index (χ3v) is 8.87. The SMILES string of the molecule is O=C1c2cccnc2-c2nccc3c2c1nc1ccc(-c2ccc4c(c2)-c2ccccc2C4Cc2ccccc2)cc13. The monoisotopic (exact) mass is 537 g/mol. The van der Waals surface area contributed by atoms with Gasteiger partial charge in [-0.1, -0.05) is 72.8 Å². The fraction of sp³-hybridized carbons (Fsp3) is 0.0526.